The highest BCUT2D eigenvalue weighted by atomic mass is 16.5. The van der Waals surface area contributed by atoms with E-state index in [-0.39, 0.29) is 6.04 Å². The molecule has 0 spiro atoms. The number of aliphatic carboxylic acids is 1. The minimum Gasteiger partial charge on any atom is -0.497 e. The third kappa shape index (κ3) is 4.13. The van der Waals surface area contributed by atoms with Crippen LogP contribution in [0.15, 0.2) is 18.2 Å². The van der Waals surface area contributed by atoms with Crippen molar-refractivity contribution in [1.82, 2.24) is 0 Å². The Labute approximate surface area is 113 Å². The minimum absolute atomic E-state index is 0.239. The Kier molecular flexibility index (Phi) is 5.63. The Morgan fingerprint density at radius 1 is 1.47 bits per heavy atom. The van der Waals surface area contributed by atoms with Gasteiger partial charge in [-0.05, 0) is 19.4 Å². The molecule has 0 saturated heterocycles. The lowest BCUT2D eigenvalue weighted by Crippen LogP contribution is -2.27. The van der Waals surface area contributed by atoms with Crippen LogP contribution < -0.4 is 15.2 Å². The van der Waals surface area contributed by atoms with Crippen LogP contribution in [0.2, 0.25) is 0 Å². The van der Waals surface area contributed by atoms with Gasteiger partial charge < -0.3 is 20.3 Å². The van der Waals surface area contributed by atoms with Crippen LogP contribution in [0.25, 0.3) is 0 Å². The molecule has 1 aromatic carbocycles. The zero-order valence-corrected chi connectivity index (χ0v) is 11.6. The number of carbonyl (C=O) groups is 1. The van der Waals surface area contributed by atoms with Crippen molar-refractivity contribution in [2.24, 2.45) is 5.73 Å². The molecule has 3 N–H and O–H groups in total. The lowest BCUT2D eigenvalue weighted by Gasteiger charge is -2.19. The summed E-state index contributed by atoms with van der Waals surface area (Å²) in [6, 6.07) is 5.01. The average Bonchev–Trinajstić information content (AvgIpc) is 2.37. The Morgan fingerprint density at radius 2 is 2.16 bits per heavy atom. The molecule has 0 bridgehead atoms. The van der Waals surface area contributed by atoms with Gasteiger partial charge in [0.05, 0.1) is 7.11 Å². The predicted octanol–water partition coefficient (Wildman–Crippen LogP) is 2.35. The van der Waals surface area contributed by atoms with Crippen molar-refractivity contribution in [3.8, 4) is 11.5 Å². The van der Waals surface area contributed by atoms with Gasteiger partial charge in [0.25, 0.3) is 0 Å². The Bertz CT molecular complexity index is 431. The summed E-state index contributed by atoms with van der Waals surface area (Å²) in [6.07, 6.45) is 0.314. The largest absolute Gasteiger partial charge is 0.497 e. The van der Waals surface area contributed by atoms with E-state index < -0.39 is 12.1 Å². The number of benzene rings is 1. The molecule has 5 heteroatoms. The standard InChI is InChI=1S/C14H21NO4/c1-4-5-12(14(16)17)19-13-8-10(18-3)6-7-11(13)9(2)15/h6-9,12H,4-5,15H2,1-3H3,(H,16,17)/t9-,12?/m1/s1. The molecule has 0 aliphatic rings. The summed E-state index contributed by atoms with van der Waals surface area (Å²) in [7, 11) is 1.55. The molecule has 0 aliphatic heterocycles. The first-order valence-electron chi connectivity index (χ1n) is 6.32. The van der Waals surface area contributed by atoms with Crippen molar-refractivity contribution < 1.29 is 19.4 Å². The van der Waals surface area contributed by atoms with Crippen LogP contribution >= 0.6 is 0 Å². The van der Waals surface area contributed by atoms with E-state index in [0.717, 1.165) is 12.0 Å². The summed E-state index contributed by atoms with van der Waals surface area (Å²) >= 11 is 0. The number of nitrogens with two attached hydrogens (primary N) is 1. The highest BCUT2D eigenvalue weighted by Gasteiger charge is 2.21. The molecule has 0 radical (unpaired) electrons. The van der Waals surface area contributed by atoms with E-state index in [1.54, 1.807) is 25.3 Å². The molecule has 2 atom stereocenters. The van der Waals surface area contributed by atoms with Crippen LogP contribution in [-0.4, -0.2) is 24.3 Å². The molecule has 0 aliphatic carbocycles. The van der Waals surface area contributed by atoms with Gasteiger partial charge in [-0.15, -0.1) is 0 Å². The topological polar surface area (TPSA) is 81.8 Å². The molecule has 1 unspecified atom stereocenters. The van der Waals surface area contributed by atoms with Gasteiger partial charge in [-0.25, -0.2) is 4.79 Å². The quantitative estimate of drug-likeness (QED) is 0.792. The second-order valence-corrected chi connectivity index (χ2v) is 4.43. The second kappa shape index (κ2) is 6.99. The van der Waals surface area contributed by atoms with Gasteiger partial charge in [-0.2, -0.15) is 0 Å². The number of methoxy groups -OCH3 is 1. The Hall–Kier alpha value is -1.75. The molecule has 0 heterocycles. The average molecular weight is 267 g/mol. The maximum Gasteiger partial charge on any atom is 0.344 e. The molecule has 1 rings (SSSR count). The highest BCUT2D eigenvalue weighted by Crippen LogP contribution is 2.30. The summed E-state index contributed by atoms with van der Waals surface area (Å²) < 4.78 is 10.7. The first-order valence-corrected chi connectivity index (χ1v) is 6.32. The predicted molar refractivity (Wildman–Crippen MR) is 72.6 cm³/mol. The molecule has 19 heavy (non-hydrogen) atoms. The van der Waals surface area contributed by atoms with Crippen LogP contribution in [0.4, 0.5) is 0 Å². The maximum absolute atomic E-state index is 11.1. The number of rotatable bonds is 7. The summed E-state index contributed by atoms with van der Waals surface area (Å²) in [5.41, 5.74) is 6.63. The summed E-state index contributed by atoms with van der Waals surface area (Å²) in [6.45, 7) is 3.74. The third-order valence-corrected chi connectivity index (χ3v) is 2.81. The number of carboxylic acids is 1. The van der Waals surface area contributed by atoms with E-state index in [4.69, 9.17) is 20.3 Å². The lowest BCUT2D eigenvalue weighted by atomic mass is 10.1. The Balaban J connectivity index is 3.04. The summed E-state index contributed by atoms with van der Waals surface area (Å²) in [5.74, 6) is 0.107. The molecule has 1 aromatic rings. The normalized spacial score (nSPS) is 13.7. The van der Waals surface area contributed by atoms with E-state index in [1.165, 1.54) is 0 Å². The number of ether oxygens (including phenoxy) is 2. The molecular weight excluding hydrogens is 246 g/mol. The number of carboxylic acid groups (broad SMARTS) is 1. The fourth-order valence-corrected chi connectivity index (χ4v) is 1.77. The zero-order valence-electron chi connectivity index (χ0n) is 11.6. The van der Waals surface area contributed by atoms with Gasteiger partial charge in [0.15, 0.2) is 6.10 Å². The first-order chi connectivity index (χ1) is 8.99. The van der Waals surface area contributed by atoms with Crippen LogP contribution in [0.1, 0.15) is 38.3 Å². The monoisotopic (exact) mass is 267 g/mol. The van der Waals surface area contributed by atoms with Crippen LogP contribution in [0.3, 0.4) is 0 Å². The van der Waals surface area contributed by atoms with Crippen molar-refractivity contribution in [3.05, 3.63) is 23.8 Å². The molecular formula is C14H21NO4. The van der Waals surface area contributed by atoms with E-state index >= 15 is 0 Å². The van der Waals surface area contributed by atoms with Crippen molar-refractivity contribution in [2.75, 3.05) is 7.11 Å². The molecule has 5 nitrogen and oxygen atoms in total. The van der Waals surface area contributed by atoms with E-state index in [1.807, 2.05) is 13.8 Å². The Morgan fingerprint density at radius 3 is 2.63 bits per heavy atom. The summed E-state index contributed by atoms with van der Waals surface area (Å²) in [4.78, 5) is 11.1. The van der Waals surface area contributed by atoms with Crippen LogP contribution in [-0.2, 0) is 4.79 Å². The third-order valence-electron chi connectivity index (χ3n) is 2.81. The lowest BCUT2D eigenvalue weighted by molar-refractivity contribution is -0.145. The minimum atomic E-state index is -0.972. The number of hydrogen-bond donors (Lipinski definition) is 2. The van der Waals surface area contributed by atoms with Crippen molar-refractivity contribution in [1.29, 1.82) is 0 Å². The molecule has 0 fully saturated rings. The maximum atomic E-state index is 11.1. The second-order valence-electron chi connectivity index (χ2n) is 4.43. The van der Waals surface area contributed by atoms with Gasteiger partial charge in [0, 0.05) is 17.7 Å². The summed E-state index contributed by atoms with van der Waals surface area (Å²) in [5, 5.41) is 9.13. The van der Waals surface area contributed by atoms with Crippen molar-refractivity contribution >= 4 is 5.97 Å². The fourth-order valence-electron chi connectivity index (χ4n) is 1.77. The van der Waals surface area contributed by atoms with E-state index in [0.29, 0.717) is 17.9 Å². The van der Waals surface area contributed by atoms with Gasteiger partial charge in [0.1, 0.15) is 11.5 Å². The smallest absolute Gasteiger partial charge is 0.344 e. The van der Waals surface area contributed by atoms with E-state index in [2.05, 4.69) is 0 Å². The molecule has 106 valence electrons. The van der Waals surface area contributed by atoms with Gasteiger partial charge in [0.2, 0.25) is 0 Å². The van der Waals surface area contributed by atoms with Gasteiger partial charge >= 0.3 is 5.97 Å². The molecule has 0 saturated carbocycles. The molecule has 0 aromatic heterocycles. The van der Waals surface area contributed by atoms with E-state index in [9.17, 15) is 4.79 Å². The highest BCUT2D eigenvalue weighted by molar-refractivity contribution is 5.72. The number of hydrogen-bond acceptors (Lipinski definition) is 4. The first kappa shape index (κ1) is 15.3. The van der Waals surface area contributed by atoms with Crippen LogP contribution in [0.5, 0.6) is 11.5 Å². The van der Waals surface area contributed by atoms with Gasteiger partial charge in [-0.1, -0.05) is 19.4 Å². The SMILES string of the molecule is CCCC(Oc1cc(OC)ccc1[C@@H](C)N)C(=O)O. The van der Waals surface area contributed by atoms with Crippen molar-refractivity contribution in [3.63, 3.8) is 0 Å². The van der Waals surface area contributed by atoms with Crippen LogP contribution in [0, 0.1) is 0 Å². The molecule has 0 amide bonds. The zero-order chi connectivity index (χ0) is 14.4. The fraction of sp³-hybridized carbons (Fsp3) is 0.500. The van der Waals surface area contributed by atoms with Gasteiger partial charge in [-0.3, -0.25) is 0 Å². The van der Waals surface area contributed by atoms with Crippen molar-refractivity contribution in [2.45, 2.75) is 38.8 Å².